The molecule has 1 aromatic carbocycles. The Bertz CT molecular complexity index is 713. The molecule has 120 valence electrons. The van der Waals surface area contributed by atoms with Gasteiger partial charge in [0.05, 0.1) is 5.01 Å². The number of thiazole rings is 1. The van der Waals surface area contributed by atoms with E-state index in [0.29, 0.717) is 6.42 Å². The predicted octanol–water partition coefficient (Wildman–Crippen LogP) is 3.01. The molecule has 0 saturated heterocycles. The summed E-state index contributed by atoms with van der Waals surface area (Å²) in [6.45, 7) is 2.29. The van der Waals surface area contributed by atoms with Crippen LogP contribution in [0.2, 0.25) is 0 Å². The minimum Gasteiger partial charge on any atom is -0.326 e. The Morgan fingerprint density at radius 3 is 3.00 bits per heavy atom. The number of nitrogens with zero attached hydrogens (tertiary/aromatic N) is 2. The zero-order valence-corrected chi connectivity index (χ0v) is 13.9. The molecule has 1 N–H and O–H groups in total. The van der Waals surface area contributed by atoms with E-state index in [1.165, 1.54) is 0 Å². The third-order valence-corrected chi connectivity index (χ3v) is 4.76. The number of aromatic nitrogens is 1. The summed E-state index contributed by atoms with van der Waals surface area (Å²) in [5, 5.41) is 5.95. The molecular formula is C17H19N3O2S. The zero-order chi connectivity index (χ0) is 16.2. The number of rotatable bonds is 5. The van der Waals surface area contributed by atoms with Crippen molar-refractivity contribution < 1.29 is 9.59 Å². The molecule has 1 aliphatic rings. The van der Waals surface area contributed by atoms with Crippen molar-refractivity contribution >= 4 is 34.5 Å². The Hall–Kier alpha value is -2.21. The molecule has 0 aliphatic carbocycles. The van der Waals surface area contributed by atoms with Gasteiger partial charge < -0.3 is 10.2 Å². The van der Waals surface area contributed by atoms with Crippen molar-refractivity contribution in [2.24, 2.45) is 0 Å². The summed E-state index contributed by atoms with van der Waals surface area (Å²) < 4.78 is 0. The van der Waals surface area contributed by atoms with Crippen LogP contribution in [0.4, 0.5) is 11.4 Å². The van der Waals surface area contributed by atoms with Crippen LogP contribution in [0.3, 0.4) is 0 Å². The van der Waals surface area contributed by atoms with Gasteiger partial charge in [0.15, 0.2) is 0 Å². The highest BCUT2D eigenvalue weighted by Gasteiger charge is 2.22. The number of aryl methyl sites for hydroxylation is 1. The van der Waals surface area contributed by atoms with Crippen molar-refractivity contribution in [1.82, 2.24) is 4.98 Å². The van der Waals surface area contributed by atoms with Crippen molar-refractivity contribution in [2.75, 3.05) is 16.8 Å². The average molecular weight is 329 g/mol. The standard InChI is InChI=1S/C17H19N3O2S/c1-12(21)20-9-7-13-11-14(5-6-15(13)20)19-16(22)3-2-4-17-18-8-10-23-17/h5-6,8,10-11H,2-4,7,9H2,1H3,(H,19,22). The predicted molar refractivity (Wildman–Crippen MR) is 91.9 cm³/mol. The number of anilines is 2. The van der Waals surface area contributed by atoms with Crippen LogP contribution in [-0.4, -0.2) is 23.3 Å². The summed E-state index contributed by atoms with van der Waals surface area (Å²) in [6, 6.07) is 5.74. The molecular weight excluding hydrogens is 310 g/mol. The largest absolute Gasteiger partial charge is 0.326 e. The Kier molecular flexibility index (Phi) is 4.71. The molecule has 0 radical (unpaired) electrons. The molecule has 2 aromatic rings. The highest BCUT2D eigenvalue weighted by Crippen LogP contribution is 2.30. The van der Waals surface area contributed by atoms with Gasteiger partial charge in [0.25, 0.3) is 0 Å². The number of carbonyl (C=O) groups is 2. The van der Waals surface area contributed by atoms with Gasteiger partial charge in [0, 0.05) is 42.8 Å². The quantitative estimate of drug-likeness (QED) is 0.917. The third-order valence-electron chi connectivity index (χ3n) is 3.92. The first-order valence-corrected chi connectivity index (χ1v) is 8.61. The fourth-order valence-corrected chi connectivity index (χ4v) is 3.47. The van der Waals surface area contributed by atoms with E-state index in [9.17, 15) is 9.59 Å². The van der Waals surface area contributed by atoms with Crippen molar-refractivity contribution in [3.8, 4) is 0 Å². The van der Waals surface area contributed by atoms with Gasteiger partial charge in [-0.3, -0.25) is 9.59 Å². The maximum atomic E-state index is 12.0. The van der Waals surface area contributed by atoms with E-state index in [0.717, 1.165) is 47.8 Å². The van der Waals surface area contributed by atoms with Gasteiger partial charge in [-0.25, -0.2) is 4.98 Å². The van der Waals surface area contributed by atoms with Crippen LogP contribution in [-0.2, 0) is 22.4 Å². The molecule has 1 aromatic heterocycles. The van der Waals surface area contributed by atoms with Gasteiger partial charge in [-0.2, -0.15) is 0 Å². The monoisotopic (exact) mass is 329 g/mol. The number of benzene rings is 1. The Balaban J connectivity index is 1.54. The van der Waals surface area contributed by atoms with E-state index in [-0.39, 0.29) is 11.8 Å². The lowest BCUT2D eigenvalue weighted by Crippen LogP contribution is -2.25. The smallest absolute Gasteiger partial charge is 0.224 e. The van der Waals surface area contributed by atoms with Crippen LogP contribution in [0, 0.1) is 0 Å². The van der Waals surface area contributed by atoms with Crippen LogP contribution in [0.1, 0.15) is 30.3 Å². The van der Waals surface area contributed by atoms with Crippen LogP contribution in [0.25, 0.3) is 0 Å². The normalized spacial score (nSPS) is 13.0. The van der Waals surface area contributed by atoms with Gasteiger partial charge in [0.2, 0.25) is 11.8 Å². The lowest BCUT2D eigenvalue weighted by molar-refractivity contribution is -0.117. The van der Waals surface area contributed by atoms with Crippen LogP contribution in [0.15, 0.2) is 29.8 Å². The molecule has 1 aliphatic heterocycles. The number of nitrogens with one attached hydrogen (secondary N) is 1. The molecule has 0 saturated carbocycles. The maximum Gasteiger partial charge on any atom is 0.224 e. The van der Waals surface area contributed by atoms with Gasteiger partial charge >= 0.3 is 0 Å². The molecule has 3 rings (SSSR count). The molecule has 6 heteroatoms. The number of carbonyl (C=O) groups excluding carboxylic acids is 2. The minimum atomic E-state index is 0.0166. The number of amides is 2. The Morgan fingerprint density at radius 2 is 2.26 bits per heavy atom. The maximum absolute atomic E-state index is 12.0. The lowest BCUT2D eigenvalue weighted by atomic mass is 10.1. The second-order valence-corrected chi connectivity index (χ2v) is 6.57. The van der Waals surface area contributed by atoms with E-state index in [4.69, 9.17) is 0 Å². The summed E-state index contributed by atoms with van der Waals surface area (Å²) in [4.78, 5) is 29.5. The van der Waals surface area contributed by atoms with E-state index >= 15 is 0 Å². The fraction of sp³-hybridized carbons (Fsp3) is 0.353. The van der Waals surface area contributed by atoms with E-state index < -0.39 is 0 Å². The summed E-state index contributed by atoms with van der Waals surface area (Å²) in [6.07, 6.45) is 4.74. The SMILES string of the molecule is CC(=O)N1CCc2cc(NC(=O)CCCc3nccs3)ccc21. The molecule has 0 fully saturated rings. The molecule has 23 heavy (non-hydrogen) atoms. The van der Waals surface area contributed by atoms with Crippen LogP contribution >= 0.6 is 11.3 Å². The van der Waals surface area contributed by atoms with Crippen molar-refractivity contribution in [3.05, 3.63) is 40.3 Å². The topological polar surface area (TPSA) is 62.3 Å². The van der Waals surface area contributed by atoms with Crippen molar-refractivity contribution in [2.45, 2.75) is 32.6 Å². The highest BCUT2D eigenvalue weighted by atomic mass is 32.1. The summed E-state index contributed by atoms with van der Waals surface area (Å²) in [5.41, 5.74) is 2.87. The summed E-state index contributed by atoms with van der Waals surface area (Å²) in [7, 11) is 0. The summed E-state index contributed by atoms with van der Waals surface area (Å²) >= 11 is 1.62. The van der Waals surface area contributed by atoms with E-state index in [1.54, 1.807) is 29.4 Å². The van der Waals surface area contributed by atoms with Crippen LogP contribution < -0.4 is 10.2 Å². The van der Waals surface area contributed by atoms with Gasteiger partial charge in [0.1, 0.15) is 0 Å². The molecule has 2 amide bonds. The van der Waals surface area contributed by atoms with Crippen LogP contribution in [0.5, 0.6) is 0 Å². The van der Waals surface area contributed by atoms with E-state index in [1.807, 2.05) is 23.6 Å². The molecule has 5 nitrogen and oxygen atoms in total. The molecule has 0 bridgehead atoms. The van der Waals surface area contributed by atoms with E-state index in [2.05, 4.69) is 10.3 Å². The number of hydrogen-bond donors (Lipinski definition) is 1. The van der Waals surface area contributed by atoms with Gasteiger partial charge in [-0.05, 0) is 43.0 Å². The van der Waals surface area contributed by atoms with Gasteiger partial charge in [-0.15, -0.1) is 11.3 Å². The lowest BCUT2D eigenvalue weighted by Gasteiger charge is -2.15. The first-order valence-electron chi connectivity index (χ1n) is 7.73. The first-order chi connectivity index (χ1) is 11.1. The number of hydrogen-bond acceptors (Lipinski definition) is 4. The second kappa shape index (κ2) is 6.91. The molecule has 0 spiro atoms. The summed E-state index contributed by atoms with van der Waals surface area (Å²) in [5.74, 6) is 0.0747. The minimum absolute atomic E-state index is 0.0166. The number of fused-ring (bicyclic) bond motifs is 1. The third kappa shape index (κ3) is 3.76. The molecule has 0 atom stereocenters. The second-order valence-electron chi connectivity index (χ2n) is 5.59. The van der Waals surface area contributed by atoms with Gasteiger partial charge in [-0.1, -0.05) is 0 Å². The first kappa shape index (κ1) is 15.7. The fourth-order valence-electron chi connectivity index (χ4n) is 2.81. The zero-order valence-electron chi connectivity index (χ0n) is 13.0. The average Bonchev–Trinajstić information content (AvgIpc) is 3.15. The molecule has 0 unspecified atom stereocenters. The van der Waals surface area contributed by atoms with Crippen molar-refractivity contribution in [3.63, 3.8) is 0 Å². The Morgan fingerprint density at radius 1 is 1.39 bits per heavy atom. The van der Waals surface area contributed by atoms with Crippen molar-refractivity contribution in [1.29, 1.82) is 0 Å². The molecule has 2 heterocycles. The highest BCUT2D eigenvalue weighted by molar-refractivity contribution is 7.09. The Labute approximate surface area is 139 Å².